The molecule has 19 heavy (non-hydrogen) atoms. The summed E-state index contributed by atoms with van der Waals surface area (Å²) < 4.78 is 0. The van der Waals surface area contributed by atoms with Crippen molar-refractivity contribution in [3.63, 3.8) is 0 Å². The predicted molar refractivity (Wildman–Crippen MR) is 73.7 cm³/mol. The van der Waals surface area contributed by atoms with E-state index >= 15 is 0 Å². The Morgan fingerprint density at radius 2 is 1.89 bits per heavy atom. The highest BCUT2D eigenvalue weighted by atomic mass is 16.2. The summed E-state index contributed by atoms with van der Waals surface area (Å²) >= 11 is 0. The topological polar surface area (TPSA) is 66.6 Å². The molecule has 5 nitrogen and oxygen atoms in total. The molecule has 1 saturated heterocycles. The van der Waals surface area contributed by atoms with Crippen LogP contribution in [0.15, 0.2) is 24.3 Å². The van der Waals surface area contributed by atoms with Crippen LogP contribution in [0.4, 0.5) is 10.5 Å². The van der Waals surface area contributed by atoms with E-state index in [0.29, 0.717) is 12.2 Å². The van der Waals surface area contributed by atoms with E-state index in [9.17, 15) is 9.59 Å². The van der Waals surface area contributed by atoms with Gasteiger partial charge >= 0.3 is 6.03 Å². The van der Waals surface area contributed by atoms with E-state index in [1.54, 1.807) is 17.0 Å². The van der Waals surface area contributed by atoms with Crippen LogP contribution in [0.3, 0.4) is 0 Å². The van der Waals surface area contributed by atoms with E-state index in [4.69, 9.17) is 5.73 Å². The van der Waals surface area contributed by atoms with Crippen molar-refractivity contribution >= 4 is 17.6 Å². The second-order valence-electron chi connectivity index (χ2n) is 4.77. The van der Waals surface area contributed by atoms with Gasteiger partial charge in [-0.3, -0.25) is 4.79 Å². The molecule has 0 aliphatic carbocycles. The third-order valence-corrected chi connectivity index (χ3v) is 3.55. The summed E-state index contributed by atoms with van der Waals surface area (Å²) in [7, 11) is 0. The van der Waals surface area contributed by atoms with Gasteiger partial charge in [0.1, 0.15) is 6.54 Å². The Morgan fingerprint density at radius 1 is 1.26 bits per heavy atom. The lowest BCUT2D eigenvalue weighted by Gasteiger charge is -2.22. The Bertz CT molecular complexity index is 484. The zero-order valence-corrected chi connectivity index (χ0v) is 11.3. The zero-order chi connectivity index (χ0) is 14.0. The Balaban J connectivity index is 2.24. The number of carbonyl (C=O) groups is 2. The smallest absolute Gasteiger partial charge is 0.326 e. The lowest BCUT2D eigenvalue weighted by atomic mass is 10.2. The van der Waals surface area contributed by atoms with E-state index in [1.165, 1.54) is 4.90 Å². The molecule has 1 aliphatic rings. The summed E-state index contributed by atoms with van der Waals surface area (Å²) in [4.78, 5) is 27.1. The molecule has 1 aliphatic heterocycles. The number of nitrogens with zero attached hydrogens (tertiary/aromatic N) is 2. The highest BCUT2D eigenvalue weighted by Gasteiger charge is 2.38. The highest BCUT2D eigenvalue weighted by molar-refractivity contribution is 6.19. The molecule has 1 unspecified atom stereocenters. The first kappa shape index (κ1) is 13.5. The molecule has 102 valence electrons. The Morgan fingerprint density at radius 3 is 2.42 bits per heavy atom. The average molecular weight is 261 g/mol. The van der Waals surface area contributed by atoms with Gasteiger partial charge in [-0.05, 0) is 31.0 Å². The van der Waals surface area contributed by atoms with Crippen LogP contribution >= 0.6 is 0 Å². The third kappa shape index (κ3) is 2.46. The zero-order valence-electron chi connectivity index (χ0n) is 11.3. The van der Waals surface area contributed by atoms with E-state index in [0.717, 1.165) is 12.0 Å². The number of nitrogens with two attached hydrogens (primary N) is 1. The summed E-state index contributed by atoms with van der Waals surface area (Å²) in [5.74, 6) is -0.175. The van der Waals surface area contributed by atoms with Crippen LogP contribution in [0.1, 0.15) is 25.8 Å². The minimum atomic E-state index is -0.236. The molecule has 0 spiro atoms. The quantitative estimate of drug-likeness (QED) is 0.839. The van der Waals surface area contributed by atoms with Crippen molar-refractivity contribution in [2.24, 2.45) is 5.73 Å². The van der Waals surface area contributed by atoms with Gasteiger partial charge in [0.2, 0.25) is 0 Å². The van der Waals surface area contributed by atoms with Crippen molar-refractivity contribution in [1.29, 1.82) is 0 Å². The molecule has 1 fully saturated rings. The first-order chi connectivity index (χ1) is 9.08. The fourth-order valence-corrected chi connectivity index (χ4v) is 2.12. The van der Waals surface area contributed by atoms with Gasteiger partial charge in [0.15, 0.2) is 0 Å². The van der Waals surface area contributed by atoms with E-state index in [1.807, 2.05) is 26.0 Å². The van der Waals surface area contributed by atoms with Crippen LogP contribution in [0.5, 0.6) is 0 Å². The van der Waals surface area contributed by atoms with E-state index < -0.39 is 0 Å². The second-order valence-corrected chi connectivity index (χ2v) is 4.77. The van der Waals surface area contributed by atoms with Crippen molar-refractivity contribution in [3.8, 4) is 0 Å². The molecule has 0 bridgehead atoms. The third-order valence-electron chi connectivity index (χ3n) is 3.55. The molecule has 1 aromatic rings. The minimum absolute atomic E-state index is 0.0739. The summed E-state index contributed by atoms with van der Waals surface area (Å²) in [5.41, 5.74) is 7.12. The van der Waals surface area contributed by atoms with Crippen molar-refractivity contribution < 1.29 is 9.59 Å². The van der Waals surface area contributed by atoms with Crippen molar-refractivity contribution in [2.45, 2.75) is 32.9 Å². The highest BCUT2D eigenvalue weighted by Crippen LogP contribution is 2.23. The van der Waals surface area contributed by atoms with Crippen molar-refractivity contribution in [3.05, 3.63) is 29.8 Å². The number of carbonyl (C=O) groups excluding carboxylic acids is 2. The Kier molecular flexibility index (Phi) is 3.85. The predicted octanol–water partition coefficient (Wildman–Crippen LogP) is 1.71. The maximum atomic E-state index is 12.3. The van der Waals surface area contributed by atoms with Crippen LogP contribution in [0.2, 0.25) is 0 Å². The van der Waals surface area contributed by atoms with Gasteiger partial charge in [0.25, 0.3) is 5.91 Å². The fourth-order valence-electron chi connectivity index (χ4n) is 2.12. The summed E-state index contributed by atoms with van der Waals surface area (Å²) in [6.07, 6.45) is 0.832. The molecule has 2 rings (SSSR count). The van der Waals surface area contributed by atoms with Gasteiger partial charge in [-0.1, -0.05) is 19.1 Å². The number of hydrogen-bond acceptors (Lipinski definition) is 3. The SMILES string of the molecule is CCC(C)N1CC(=O)N(c2ccc(CN)cc2)C1=O. The molecule has 0 aromatic heterocycles. The molecular weight excluding hydrogens is 242 g/mol. The van der Waals surface area contributed by atoms with Gasteiger partial charge in [-0.2, -0.15) is 0 Å². The lowest BCUT2D eigenvalue weighted by molar-refractivity contribution is -0.116. The number of benzene rings is 1. The number of hydrogen-bond donors (Lipinski definition) is 1. The van der Waals surface area contributed by atoms with Crippen LogP contribution in [0.25, 0.3) is 0 Å². The molecular formula is C14H19N3O2. The molecule has 2 N–H and O–H groups in total. The average Bonchev–Trinajstić information content (AvgIpc) is 2.73. The van der Waals surface area contributed by atoms with Gasteiger partial charge in [-0.25, -0.2) is 9.69 Å². The number of rotatable bonds is 4. The number of anilines is 1. The second kappa shape index (κ2) is 5.40. The maximum Gasteiger partial charge on any atom is 0.332 e. The molecule has 3 amide bonds. The number of imide groups is 1. The largest absolute Gasteiger partial charge is 0.332 e. The summed E-state index contributed by atoms with van der Waals surface area (Å²) in [5, 5.41) is 0. The molecule has 1 heterocycles. The van der Waals surface area contributed by atoms with Gasteiger partial charge < -0.3 is 10.6 Å². The first-order valence-corrected chi connectivity index (χ1v) is 6.51. The molecule has 1 atom stereocenters. The van der Waals surface area contributed by atoms with Crippen LogP contribution < -0.4 is 10.6 Å². The lowest BCUT2D eigenvalue weighted by Crippen LogP contribution is -2.37. The Hall–Kier alpha value is -1.88. The molecule has 0 saturated carbocycles. The standard InChI is InChI=1S/C14H19N3O2/c1-3-10(2)16-9-13(18)17(14(16)19)12-6-4-11(8-15)5-7-12/h4-7,10H,3,8-9,15H2,1-2H3. The molecule has 5 heteroatoms. The first-order valence-electron chi connectivity index (χ1n) is 6.51. The monoisotopic (exact) mass is 261 g/mol. The number of amides is 3. The van der Waals surface area contributed by atoms with Crippen LogP contribution in [0, 0.1) is 0 Å². The van der Waals surface area contributed by atoms with Crippen molar-refractivity contribution in [2.75, 3.05) is 11.4 Å². The number of urea groups is 1. The van der Waals surface area contributed by atoms with E-state index in [2.05, 4.69) is 0 Å². The van der Waals surface area contributed by atoms with Crippen LogP contribution in [-0.4, -0.2) is 29.4 Å². The maximum absolute atomic E-state index is 12.3. The van der Waals surface area contributed by atoms with Gasteiger partial charge in [-0.15, -0.1) is 0 Å². The van der Waals surface area contributed by atoms with Gasteiger partial charge in [0, 0.05) is 12.6 Å². The molecule has 0 radical (unpaired) electrons. The minimum Gasteiger partial charge on any atom is -0.326 e. The normalized spacial score (nSPS) is 17.2. The molecule has 1 aromatic carbocycles. The van der Waals surface area contributed by atoms with E-state index in [-0.39, 0.29) is 24.5 Å². The fraction of sp³-hybridized carbons (Fsp3) is 0.429. The van der Waals surface area contributed by atoms with Gasteiger partial charge in [0.05, 0.1) is 5.69 Å². The Labute approximate surface area is 113 Å². The summed E-state index contributed by atoms with van der Waals surface area (Å²) in [6.45, 7) is 4.56. The van der Waals surface area contributed by atoms with Crippen molar-refractivity contribution in [1.82, 2.24) is 4.90 Å². The van der Waals surface area contributed by atoms with Crippen LogP contribution in [-0.2, 0) is 11.3 Å². The summed E-state index contributed by atoms with van der Waals surface area (Å²) in [6, 6.07) is 7.03.